The Morgan fingerprint density at radius 1 is 1.32 bits per heavy atom. The monoisotopic (exact) mass is 362 g/mol. The molecule has 25 heavy (non-hydrogen) atoms. The first kappa shape index (κ1) is 19.3. The second kappa shape index (κ2) is 9.46. The number of carbonyl (C=O) groups is 1. The van der Waals surface area contributed by atoms with E-state index in [1.165, 1.54) is 0 Å². The van der Waals surface area contributed by atoms with Crippen molar-refractivity contribution in [2.45, 2.75) is 39.3 Å². The molecule has 2 aromatic heterocycles. The molecule has 1 amide bonds. The molecule has 0 unspecified atom stereocenters. The largest absolute Gasteiger partial charge is 0.444 e. The van der Waals surface area contributed by atoms with E-state index in [9.17, 15) is 4.79 Å². The van der Waals surface area contributed by atoms with Crippen LogP contribution >= 0.6 is 11.8 Å². The number of aryl methyl sites for hydroxylation is 1. The third kappa shape index (κ3) is 7.60. The zero-order chi connectivity index (χ0) is 18.1. The maximum Gasteiger partial charge on any atom is 0.407 e. The normalized spacial score (nSPS) is 11.3. The van der Waals surface area contributed by atoms with Crippen LogP contribution in [0.4, 0.5) is 4.79 Å². The smallest absolute Gasteiger partial charge is 0.407 e. The molecule has 0 atom stereocenters. The summed E-state index contributed by atoms with van der Waals surface area (Å²) < 4.78 is 7.13. The van der Waals surface area contributed by atoms with Crippen molar-refractivity contribution >= 4 is 17.9 Å². The molecule has 136 valence electrons. The number of nitrogens with zero attached hydrogens (tertiary/aromatic N) is 3. The highest BCUT2D eigenvalue weighted by atomic mass is 32.2. The quantitative estimate of drug-likeness (QED) is 0.727. The van der Waals surface area contributed by atoms with E-state index in [0.29, 0.717) is 6.54 Å². The van der Waals surface area contributed by atoms with Crippen LogP contribution in [-0.4, -0.2) is 44.5 Å². The van der Waals surface area contributed by atoms with E-state index in [4.69, 9.17) is 4.74 Å². The molecule has 0 fully saturated rings. The average molecular weight is 362 g/mol. The molecule has 0 aliphatic carbocycles. The van der Waals surface area contributed by atoms with Crippen LogP contribution in [0.25, 0.3) is 11.3 Å². The van der Waals surface area contributed by atoms with Crippen LogP contribution in [0.5, 0.6) is 0 Å². The molecule has 6 nitrogen and oxygen atoms in total. The number of hydrogen-bond donors (Lipinski definition) is 1. The fourth-order valence-electron chi connectivity index (χ4n) is 2.12. The van der Waals surface area contributed by atoms with Crippen LogP contribution in [0.2, 0.25) is 0 Å². The second-order valence-electron chi connectivity index (χ2n) is 6.60. The molecular formula is C18H26N4O2S. The van der Waals surface area contributed by atoms with Crippen LogP contribution in [0.1, 0.15) is 27.2 Å². The fourth-order valence-corrected chi connectivity index (χ4v) is 2.91. The second-order valence-corrected chi connectivity index (χ2v) is 7.83. The highest BCUT2D eigenvalue weighted by molar-refractivity contribution is 7.99. The van der Waals surface area contributed by atoms with Gasteiger partial charge in [0.1, 0.15) is 5.60 Å². The molecule has 0 aliphatic heterocycles. The van der Waals surface area contributed by atoms with Crippen molar-refractivity contribution in [2.75, 3.05) is 18.1 Å². The van der Waals surface area contributed by atoms with Crippen molar-refractivity contribution in [3.8, 4) is 11.3 Å². The average Bonchev–Trinajstić information content (AvgIpc) is 3.02. The van der Waals surface area contributed by atoms with Gasteiger partial charge in [-0.2, -0.15) is 16.9 Å². The lowest BCUT2D eigenvalue weighted by Crippen LogP contribution is -2.33. The van der Waals surface area contributed by atoms with Crippen molar-refractivity contribution in [3.05, 3.63) is 36.8 Å². The summed E-state index contributed by atoms with van der Waals surface area (Å²) in [6.07, 6.45) is 6.33. The first-order valence-corrected chi connectivity index (χ1v) is 9.58. The Bertz CT molecular complexity index is 653. The van der Waals surface area contributed by atoms with Crippen LogP contribution in [0, 0.1) is 0 Å². The number of carbonyl (C=O) groups excluding carboxylic acids is 1. The lowest BCUT2D eigenvalue weighted by atomic mass is 10.2. The summed E-state index contributed by atoms with van der Waals surface area (Å²) in [5.74, 6) is 1.90. The van der Waals surface area contributed by atoms with Gasteiger partial charge in [-0.15, -0.1) is 0 Å². The third-order valence-corrected chi connectivity index (χ3v) is 4.25. The number of pyridine rings is 1. The number of aromatic nitrogens is 3. The van der Waals surface area contributed by atoms with E-state index >= 15 is 0 Å². The number of ether oxygens (including phenoxy) is 1. The van der Waals surface area contributed by atoms with Gasteiger partial charge in [0, 0.05) is 36.8 Å². The SMILES string of the molecule is CC(C)(C)OC(=O)NCCSCCCn1cc(-c2ccccn2)cn1. The van der Waals surface area contributed by atoms with Crippen LogP contribution in [0.15, 0.2) is 36.8 Å². The standard InChI is InChI=1S/C18H26N4O2S/c1-18(2,3)24-17(23)20-9-12-25-11-6-10-22-14-15(13-21-22)16-7-4-5-8-19-16/h4-5,7-8,13-14H,6,9-12H2,1-3H3,(H,20,23). The number of thioether (sulfide) groups is 1. The first-order valence-electron chi connectivity index (χ1n) is 8.42. The highest BCUT2D eigenvalue weighted by Gasteiger charge is 2.15. The van der Waals surface area contributed by atoms with Gasteiger partial charge in [0.25, 0.3) is 0 Å². The molecule has 0 aliphatic rings. The molecule has 2 heterocycles. The lowest BCUT2D eigenvalue weighted by molar-refractivity contribution is 0.0531. The molecule has 2 aromatic rings. The van der Waals surface area contributed by atoms with Gasteiger partial charge >= 0.3 is 6.09 Å². The Kier molecular flexibility index (Phi) is 7.31. The minimum atomic E-state index is -0.449. The zero-order valence-electron chi connectivity index (χ0n) is 15.1. The molecular weight excluding hydrogens is 336 g/mol. The minimum absolute atomic E-state index is 0.355. The summed E-state index contributed by atoms with van der Waals surface area (Å²) in [4.78, 5) is 15.8. The van der Waals surface area contributed by atoms with Gasteiger partial charge in [0.05, 0.1) is 11.9 Å². The maximum absolute atomic E-state index is 11.5. The van der Waals surface area contributed by atoms with Crippen LogP contribution in [0.3, 0.4) is 0 Å². The Labute approximate surface area is 153 Å². The van der Waals surface area contributed by atoms with Crippen molar-refractivity contribution in [1.82, 2.24) is 20.1 Å². The number of alkyl carbamates (subject to hydrolysis) is 1. The first-order chi connectivity index (χ1) is 11.9. The van der Waals surface area contributed by atoms with E-state index in [2.05, 4.69) is 15.4 Å². The van der Waals surface area contributed by atoms with Crippen LogP contribution in [-0.2, 0) is 11.3 Å². The van der Waals surface area contributed by atoms with E-state index in [1.54, 1.807) is 6.20 Å². The van der Waals surface area contributed by atoms with Crippen molar-refractivity contribution in [2.24, 2.45) is 0 Å². The molecule has 0 bridgehead atoms. The summed E-state index contributed by atoms with van der Waals surface area (Å²) in [5, 5.41) is 7.14. The maximum atomic E-state index is 11.5. The molecule has 2 rings (SSSR count). The number of hydrogen-bond acceptors (Lipinski definition) is 5. The topological polar surface area (TPSA) is 69.0 Å². The van der Waals surface area contributed by atoms with E-state index in [-0.39, 0.29) is 6.09 Å². The molecule has 0 spiro atoms. The van der Waals surface area contributed by atoms with Crippen molar-refractivity contribution in [1.29, 1.82) is 0 Å². The number of amides is 1. The number of nitrogens with one attached hydrogen (secondary N) is 1. The van der Waals surface area contributed by atoms with E-state index in [1.807, 2.05) is 67.8 Å². The Morgan fingerprint density at radius 3 is 2.88 bits per heavy atom. The van der Waals surface area contributed by atoms with Gasteiger partial charge in [0.15, 0.2) is 0 Å². The summed E-state index contributed by atoms with van der Waals surface area (Å²) in [6, 6.07) is 5.86. The fraction of sp³-hybridized carbons (Fsp3) is 0.500. The summed E-state index contributed by atoms with van der Waals surface area (Å²) in [5.41, 5.74) is 1.53. The van der Waals surface area contributed by atoms with Gasteiger partial charge in [-0.3, -0.25) is 9.67 Å². The van der Waals surface area contributed by atoms with Gasteiger partial charge in [-0.05, 0) is 45.1 Å². The number of rotatable bonds is 8. The molecule has 0 saturated carbocycles. The molecule has 0 saturated heterocycles. The summed E-state index contributed by atoms with van der Waals surface area (Å²) in [7, 11) is 0. The summed E-state index contributed by atoms with van der Waals surface area (Å²) >= 11 is 1.81. The predicted octanol–water partition coefficient (Wildman–Crippen LogP) is 3.59. The van der Waals surface area contributed by atoms with Crippen molar-refractivity contribution in [3.63, 3.8) is 0 Å². The predicted molar refractivity (Wildman–Crippen MR) is 102 cm³/mol. The Hall–Kier alpha value is -2.02. The van der Waals surface area contributed by atoms with E-state index < -0.39 is 5.60 Å². The van der Waals surface area contributed by atoms with Gasteiger partial charge < -0.3 is 10.1 Å². The van der Waals surface area contributed by atoms with Gasteiger partial charge in [0.2, 0.25) is 0 Å². The molecule has 0 radical (unpaired) electrons. The molecule has 0 aromatic carbocycles. The Morgan fingerprint density at radius 2 is 2.16 bits per heavy atom. The van der Waals surface area contributed by atoms with Crippen molar-refractivity contribution < 1.29 is 9.53 Å². The summed E-state index contributed by atoms with van der Waals surface area (Å²) in [6.45, 7) is 7.06. The van der Waals surface area contributed by atoms with E-state index in [0.717, 1.165) is 35.7 Å². The van der Waals surface area contributed by atoms with Gasteiger partial charge in [-0.1, -0.05) is 6.07 Å². The zero-order valence-corrected chi connectivity index (χ0v) is 15.9. The van der Waals surface area contributed by atoms with Crippen LogP contribution < -0.4 is 5.32 Å². The molecule has 1 N–H and O–H groups in total. The minimum Gasteiger partial charge on any atom is -0.444 e. The lowest BCUT2D eigenvalue weighted by Gasteiger charge is -2.19. The van der Waals surface area contributed by atoms with Gasteiger partial charge in [-0.25, -0.2) is 4.79 Å². The molecule has 7 heteroatoms. The third-order valence-electron chi connectivity index (χ3n) is 3.18. The highest BCUT2D eigenvalue weighted by Crippen LogP contribution is 2.15. The Balaban J connectivity index is 1.57.